The van der Waals surface area contributed by atoms with Crippen molar-refractivity contribution in [2.24, 2.45) is 0 Å². The molecule has 30 heavy (non-hydrogen) atoms. The lowest BCUT2D eigenvalue weighted by molar-refractivity contribution is 0.0303. The van der Waals surface area contributed by atoms with Gasteiger partial charge in [-0.1, -0.05) is 18.2 Å². The number of amides is 1. The van der Waals surface area contributed by atoms with Gasteiger partial charge in [0.25, 0.3) is 5.91 Å². The van der Waals surface area contributed by atoms with Crippen molar-refractivity contribution in [3.8, 4) is 11.1 Å². The number of carbonyl (C=O) groups excluding carboxylic acids is 1. The fourth-order valence-electron chi connectivity index (χ4n) is 4.43. The molecule has 3 aromatic rings. The predicted octanol–water partition coefficient (Wildman–Crippen LogP) is 4.21. The fraction of sp³-hybridized carbons (Fsp3) is 0.400. The monoisotopic (exact) mass is 404 g/mol. The zero-order valence-corrected chi connectivity index (χ0v) is 17.3. The van der Waals surface area contributed by atoms with Crippen LogP contribution < -0.4 is 0 Å². The second kappa shape index (κ2) is 8.62. The number of morpholine rings is 1. The van der Waals surface area contributed by atoms with Crippen LogP contribution in [-0.2, 0) is 11.2 Å². The third kappa shape index (κ3) is 4.13. The molecular weight excluding hydrogens is 376 g/mol. The standard InChI is InChI=1S/C25H28N2O3/c28-25(27-13-15-29-16-14-27)20-5-3-19(4-6-20)21-7-8-24-22(17-21)18-23(30-24)9-12-26-10-1-2-11-26/h3-8,17-18H,1-2,9-16H2. The lowest BCUT2D eigenvalue weighted by Crippen LogP contribution is -2.40. The van der Waals surface area contributed by atoms with Crippen LogP contribution in [0.25, 0.3) is 22.1 Å². The van der Waals surface area contributed by atoms with Gasteiger partial charge in [-0.2, -0.15) is 0 Å². The van der Waals surface area contributed by atoms with Crippen LogP contribution in [0.3, 0.4) is 0 Å². The van der Waals surface area contributed by atoms with Crippen molar-refractivity contribution in [3.63, 3.8) is 0 Å². The summed E-state index contributed by atoms with van der Waals surface area (Å²) in [6, 6.07) is 16.4. The number of hydrogen-bond acceptors (Lipinski definition) is 4. The van der Waals surface area contributed by atoms with Gasteiger partial charge in [0, 0.05) is 37.0 Å². The summed E-state index contributed by atoms with van der Waals surface area (Å²) in [5, 5.41) is 1.14. The van der Waals surface area contributed by atoms with Crippen molar-refractivity contribution in [1.29, 1.82) is 0 Å². The molecule has 0 saturated carbocycles. The summed E-state index contributed by atoms with van der Waals surface area (Å²) < 4.78 is 11.4. The van der Waals surface area contributed by atoms with E-state index in [2.05, 4.69) is 29.2 Å². The normalized spacial score (nSPS) is 17.7. The first-order chi connectivity index (χ1) is 14.8. The van der Waals surface area contributed by atoms with Gasteiger partial charge in [0.1, 0.15) is 11.3 Å². The van der Waals surface area contributed by atoms with Crippen molar-refractivity contribution in [2.45, 2.75) is 19.3 Å². The lowest BCUT2D eigenvalue weighted by atomic mass is 10.0. The topological polar surface area (TPSA) is 45.9 Å². The molecule has 2 fully saturated rings. The molecule has 5 rings (SSSR count). The zero-order valence-electron chi connectivity index (χ0n) is 17.3. The molecule has 2 aliphatic rings. The molecule has 0 atom stereocenters. The Balaban J connectivity index is 1.29. The quantitative estimate of drug-likeness (QED) is 0.639. The first-order valence-electron chi connectivity index (χ1n) is 11.0. The molecule has 0 radical (unpaired) electrons. The van der Waals surface area contributed by atoms with Crippen molar-refractivity contribution in [1.82, 2.24) is 9.80 Å². The van der Waals surface area contributed by atoms with Crippen LogP contribution in [0.15, 0.2) is 52.9 Å². The second-order valence-corrected chi connectivity index (χ2v) is 8.25. The van der Waals surface area contributed by atoms with E-state index in [4.69, 9.17) is 9.15 Å². The molecule has 2 saturated heterocycles. The number of nitrogens with zero attached hydrogens (tertiary/aromatic N) is 2. The van der Waals surface area contributed by atoms with E-state index in [-0.39, 0.29) is 5.91 Å². The molecule has 1 amide bonds. The van der Waals surface area contributed by atoms with Gasteiger partial charge in [-0.05, 0) is 67.4 Å². The van der Waals surface area contributed by atoms with E-state index in [1.54, 1.807) is 0 Å². The smallest absolute Gasteiger partial charge is 0.254 e. The van der Waals surface area contributed by atoms with Gasteiger partial charge < -0.3 is 19.0 Å². The van der Waals surface area contributed by atoms with E-state index in [1.165, 1.54) is 25.9 Å². The minimum Gasteiger partial charge on any atom is -0.461 e. The van der Waals surface area contributed by atoms with Gasteiger partial charge >= 0.3 is 0 Å². The Morgan fingerprint density at radius 2 is 1.60 bits per heavy atom. The molecule has 3 heterocycles. The van der Waals surface area contributed by atoms with Gasteiger partial charge in [-0.15, -0.1) is 0 Å². The van der Waals surface area contributed by atoms with Crippen molar-refractivity contribution >= 4 is 16.9 Å². The summed E-state index contributed by atoms with van der Waals surface area (Å²) in [5.74, 6) is 1.14. The highest BCUT2D eigenvalue weighted by Crippen LogP contribution is 2.27. The van der Waals surface area contributed by atoms with E-state index in [1.807, 2.05) is 29.2 Å². The molecule has 0 aliphatic carbocycles. The largest absolute Gasteiger partial charge is 0.461 e. The molecule has 0 unspecified atom stereocenters. The third-order valence-corrected chi connectivity index (χ3v) is 6.20. The van der Waals surface area contributed by atoms with E-state index < -0.39 is 0 Å². The Hall–Kier alpha value is -2.63. The van der Waals surface area contributed by atoms with Crippen LogP contribution in [0.5, 0.6) is 0 Å². The summed E-state index contributed by atoms with van der Waals surface area (Å²) in [6.45, 7) is 6.08. The molecule has 1 aromatic heterocycles. The van der Waals surface area contributed by atoms with Crippen LogP contribution in [0, 0.1) is 0 Å². The second-order valence-electron chi connectivity index (χ2n) is 8.25. The van der Waals surface area contributed by atoms with Crippen molar-refractivity contribution < 1.29 is 13.9 Å². The lowest BCUT2D eigenvalue weighted by Gasteiger charge is -2.26. The first-order valence-corrected chi connectivity index (χ1v) is 11.0. The number of ether oxygens (including phenoxy) is 1. The summed E-state index contributed by atoms with van der Waals surface area (Å²) in [6.07, 6.45) is 3.60. The maximum atomic E-state index is 12.6. The van der Waals surface area contributed by atoms with E-state index in [9.17, 15) is 4.79 Å². The Morgan fingerprint density at radius 3 is 2.37 bits per heavy atom. The molecule has 0 spiro atoms. The van der Waals surface area contributed by atoms with E-state index >= 15 is 0 Å². The predicted molar refractivity (Wildman–Crippen MR) is 118 cm³/mol. The molecule has 5 heteroatoms. The molecule has 5 nitrogen and oxygen atoms in total. The third-order valence-electron chi connectivity index (χ3n) is 6.20. The molecule has 156 valence electrons. The highest BCUT2D eigenvalue weighted by Gasteiger charge is 2.18. The fourth-order valence-corrected chi connectivity index (χ4v) is 4.43. The van der Waals surface area contributed by atoms with Crippen molar-refractivity contribution in [3.05, 3.63) is 59.9 Å². The first kappa shape index (κ1) is 19.3. The molecule has 0 N–H and O–H groups in total. The maximum Gasteiger partial charge on any atom is 0.254 e. The van der Waals surface area contributed by atoms with Crippen LogP contribution in [-0.4, -0.2) is 61.6 Å². The Morgan fingerprint density at radius 1 is 0.867 bits per heavy atom. The van der Waals surface area contributed by atoms with Gasteiger partial charge in [0.2, 0.25) is 0 Å². The number of rotatable bonds is 5. The molecular formula is C25H28N2O3. The molecule has 2 aromatic carbocycles. The summed E-state index contributed by atoms with van der Waals surface area (Å²) in [4.78, 5) is 17.0. The zero-order chi connectivity index (χ0) is 20.3. The Bertz CT molecular complexity index is 1010. The Labute approximate surface area is 177 Å². The number of fused-ring (bicyclic) bond motifs is 1. The minimum atomic E-state index is 0.0813. The van der Waals surface area contributed by atoms with Gasteiger partial charge in [0.05, 0.1) is 13.2 Å². The van der Waals surface area contributed by atoms with E-state index in [0.717, 1.165) is 46.4 Å². The maximum absolute atomic E-state index is 12.6. The Kier molecular flexibility index (Phi) is 5.56. The SMILES string of the molecule is O=C(c1ccc(-c2ccc3oc(CCN4CCCC4)cc3c2)cc1)N1CCOCC1. The number of likely N-dealkylation sites (tertiary alicyclic amines) is 1. The summed E-state index contributed by atoms with van der Waals surface area (Å²) >= 11 is 0. The molecule has 0 bridgehead atoms. The van der Waals surface area contributed by atoms with Gasteiger partial charge in [0.15, 0.2) is 0 Å². The van der Waals surface area contributed by atoms with Gasteiger partial charge in [-0.25, -0.2) is 0 Å². The summed E-state index contributed by atoms with van der Waals surface area (Å²) in [5.41, 5.74) is 3.92. The van der Waals surface area contributed by atoms with E-state index in [0.29, 0.717) is 26.3 Å². The van der Waals surface area contributed by atoms with Crippen LogP contribution >= 0.6 is 0 Å². The average molecular weight is 405 g/mol. The number of hydrogen-bond donors (Lipinski definition) is 0. The van der Waals surface area contributed by atoms with Crippen LogP contribution in [0.4, 0.5) is 0 Å². The van der Waals surface area contributed by atoms with Gasteiger partial charge in [-0.3, -0.25) is 4.79 Å². The van der Waals surface area contributed by atoms with Crippen molar-refractivity contribution in [2.75, 3.05) is 45.9 Å². The number of furan rings is 1. The average Bonchev–Trinajstić information content (AvgIpc) is 3.47. The minimum absolute atomic E-state index is 0.0813. The number of carbonyl (C=O) groups is 1. The van der Waals surface area contributed by atoms with Crippen LogP contribution in [0.2, 0.25) is 0 Å². The highest BCUT2D eigenvalue weighted by atomic mass is 16.5. The summed E-state index contributed by atoms with van der Waals surface area (Å²) in [7, 11) is 0. The number of benzene rings is 2. The highest BCUT2D eigenvalue weighted by molar-refractivity contribution is 5.95. The van der Waals surface area contributed by atoms with Crippen LogP contribution in [0.1, 0.15) is 29.0 Å². The molecule has 2 aliphatic heterocycles.